The van der Waals surface area contributed by atoms with Crippen molar-refractivity contribution in [3.63, 3.8) is 0 Å². The number of rotatable bonds is 2. The highest BCUT2D eigenvalue weighted by atomic mass is 16.5. The Balaban J connectivity index is 1.78. The molecule has 3 unspecified atom stereocenters. The normalized spacial score (nSPS) is 34.2. The molecule has 1 aromatic heterocycles. The van der Waals surface area contributed by atoms with E-state index in [-0.39, 0.29) is 22.9 Å². The molecule has 2 aliphatic rings. The molecule has 108 valence electrons. The van der Waals surface area contributed by atoms with Crippen LogP contribution in [0.3, 0.4) is 0 Å². The Morgan fingerprint density at radius 1 is 1.40 bits per heavy atom. The summed E-state index contributed by atoms with van der Waals surface area (Å²) >= 11 is 0. The SMILES string of the molecule is Cc1cc(C(=O)OC2CC3CCC2(C)C3(C)C)ccn1. The summed E-state index contributed by atoms with van der Waals surface area (Å²) < 4.78 is 5.86. The van der Waals surface area contributed by atoms with Gasteiger partial charge in [-0.1, -0.05) is 20.8 Å². The van der Waals surface area contributed by atoms with Gasteiger partial charge in [-0.2, -0.15) is 0 Å². The van der Waals surface area contributed by atoms with Crippen LogP contribution >= 0.6 is 0 Å². The van der Waals surface area contributed by atoms with Gasteiger partial charge in [0.2, 0.25) is 0 Å². The fourth-order valence-corrected chi connectivity index (χ4v) is 4.18. The van der Waals surface area contributed by atoms with Crippen molar-refractivity contribution in [1.29, 1.82) is 0 Å². The van der Waals surface area contributed by atoms with Crippen LogP contribution in [0.2, 0.25) is 0 Å². The zero-order chi connectivity index (χ0) is 14.5. The minimum absolute atomic E-state index is 0.0530. The number of pyridine rings is 1. The molecular formula is C17H23NO2. The van der Waals surface area contributed by atoms with Crippen molar-refractivity contribution in [3.8, 4) is 0 Å². The van der Waals surface area contributed by atoms with E-state index in [1.807, 2.05) is 6.92 Å². The summed E-state index contributed by atoms with van der Waals surface area (Å²) in [6.45, 7) is 8.83. The van der Waals surface area contributed by atoms with Gasteiger partial charge in [0.25, 0.3) is 0 Å². The second kappa shape index (κ2) is 4.31. The summed E-state index contributed by atoms with van der Waals surface area (Å²) in [5.41, 5.74) is 1.85. The molecule has 0 saturated heterocycles. The topological polar surface area (TPSA) is 39.2 Å². The van der Waals surface area contributed by atoms with Gasteiger partial charge < -0.3 is 4.74 Å². The second-order valence-corrected chi connectivity index (χ2v) is 7.19. The minimum Gasteiger partial charge on any atom is -0.458 e. The molecule has 0 N–H and O–H groups in total. The van der Waals surface area contributed by atoms with Crippen molar-refractivity contribution in [3.05, 3.63) is 29.6 Å². The average molecular weight is 273 g/mol. The van der Waals surface area contributed by atoms with Gasteiger partial charge in [-0.3, -0.25) is 4.98 Å². The van der Waals surface area contributed by atoms with E-state index < -0.39 is 0 Å². The first kappa shape index (κ1) is 13.6. The summed E-state index contributed by atoms with van der Waals surface area (Å²) in [5, 5.41) is 0. The first-order valence-electron chi connectivity index (χ1n) is 7.48. The third-order valence-electron chi connectivity index (χ3n) is 6.10. The Kier molecular flexibility index (Phi) is 2.93. The maximum absolute atomic E-state index is 12.3. The van der Waals surface area contributed by atoms with Crippen LogP contribution in [-0.4, -0.2) is 17.1 Å². The molecule has 0 spiro atoms. The van der Waals surface area contributed by atoms with Gasteiger partial charge in [0, 0.05) is 17.3 Å². The predicted molar refractivity (Wildman–Crippen MR) is 77.4 cm³/mol. The molecular weight excluding hydrogens is 250 g/mol. The molecule has 3 atom stereocenters. The van der Waals surface area contributed by atoms with Gasteiger partial charge in [-0.25, -0.2) is 4.79 Å². The van der Waals surface area contributed by atoms with Crippen LogP contribution in [0.5, 0.6) is 0 Å². The lowest BCUT2D eigenvalue weighted by Crippen LogP contribution is -2.38. The Labute approximate surface area is 120 Å². The lowest BCUT2D eigenvalue weighted by molar-refractivity contribution is -0.0242. The van der Waals surface area contributed by atoms with Crippen molar-refractivity contribution >= 4 is 5.97 Å². The van der Waals surface area contributed by atoms with E-state index in [4.69, 9.17) is 4.74 Å². The average Bonchev–Trinajstić information content (AvgIpc) is 2.72. The van der Waals surface area contributed by atoms with E-state index in [0.717, 1.165) is 18.5 Å². The monoisotopic (exact) mass is 273 g/mol. The molecule has 3 nitrogen and oxygen atoms in total. The summed E-state index contributed by atoms with van der Waals surface area (Å²) in [5.74, 6) is 0.481. The zero-order valence-electron chi connectivity index (χ0n) is 12.8. The molecule has 1 aromatic rings. The highest BCUT2D eigenvalue weighted by molar-refractivity contribution is 5.89. The summed E-state index contributed by atoms with van der Waals surface area (Å²) in [6, 6.07) is 3.53. The number of fused-ring (bicyclic) bond motifs is 2. The Morgan fingerprint density at radius 3 is 2.70 bits per heavy atom. The number of hydrogen-bond donors (Lipinski definition) is 0. The van der Waals surface area contributed by atoms with Crippen LogP contribution in [0.15, 0.2) is 18.3 Å². The third-order valence-corrected chi connectivity index (χ3v) is 6.10. The Morgan fingerprint density at radius 2 is 2.15 bits per heavy atom. The number of carbonyl (C=O) groups excluding carboxylic acids is 1. The molecule has 1 heterocycles. The smallest absolute Gasteiger partial charge is 0.338 e. The van der Waals surface area contributed by atoms with Gasteiger partial charge in [0.1, 0.15) is 6.10 Å². The Hall–Kier alpha value is -1.38. The van der Waals surface area contributed by atoms with Crippen LogP contribution in [-0.2, 0) is 4.74 Å². The molecule has 3 heteroatoms. The lowest BCUT2D eigenvalue weighted by Gasteiger charge is -2.38. The van der Waals surface area contributed by atoms with Crippen molar-refractivity contribution in [2.24, 2.45) is 16.7 Å². The first-order chi connectivity index (χ1) is 9.34. The molecule has 2 bridgehead atoms. The van der Waals surface area contributed by atoms with Crippen LogP contribution in [0.4, 0.5) is 0 Å². The van der Waals surface area contributed by atoms with Crippen LogP contribution in [0.1, 0.15) is 56.1 Å². The Bertz CT molecular complexity index is 552. The fraction of sp³-hybridized carbons (Fsp3) is 0.647. The van der Waals surface area contributed by atoms with Crippen molar-refractivity contribution < 1.29 is 9.53 Å². The number of nitrogens with zero attached hydrogens (tertiary/aromatic N) is 1. The van der Waals surface area contributed by atoms with E-state index in [0.29, 0.717) is 11.5 Å². The maximum atomic E-state index is 12.3. The van der Waals surface area contributed by atoms with E-state index >= 15 is 0 Å². The van der Waals surface area contributed by atoms with E-state index in [9.17, 15) is 4.79 Å². The highest BCUT2D eigenvalue weighted by Gasteiger charge is 2.62. The maximum Gasteiger partial charge on any atom is 0.338 e. The van der Waals surface area contributed by atoms with Crippen LogP contribution < -0.4 is 0 Å². The summed E-state index contributed by atoms with van der Waals surface area (Å²) in [7, 11) is 0. The molecule has 0 amide bonds. The van der Waals surface area contributed by atoms with E-state index in [1.54, 1.807) is 18.3 Å². The highest BCUT2D eigenvalue weighted by Crippen LogP contribution is 2.66. The van der Waals surface area contributed by atoms with Crippen molar-refractivity contribution in [2.45, 2.75) is 53.1 Å². The first-order valence-corrected chi connectivity index (χ1v) is 7.48. The molecule has 2 saturated carbocycles. The van der Waals surface area contributed by atoms with Gasteiger partial charge in [0.05, 0.1) is 5.56 Å². The summed E-state index contributed by atoms with van der Waals surface area (Å²) in [6.07, 6.45) is 5.17. The summed E-state index contributed by atoms with van der Waals surface area (Å²) in [4.78, 5) is 16.5. The fourth-order valence-electron chi connectivity index (χ4n) is 4.18. The third kappa shape index (κ3) is 1.79. The number of ether oxygens (including phenoxy) is 1. The van der Waals surface area contributed by atoms with Crippen molar-refractivity contribution in [1.82, 2.24) is 4.98 Å². The van der Waals surface area contributed by atoms with Crippen LogP contribution in [0.25, 0.3) is 0 Å². The quantitative estimate of drug-likeness (QED) is 0.770. The molecule has 0 radical (unpaired) electrons. The van der Waals surface area contributed by atoms with Crippen molar-refractivity contribution in [2.75, 3.05) is 0 Å². The number of hydrogen-bond acceptors (Lipinski definition) is 3. The van der Waals surface area contributed by atoms with Gasteiger partial charge in [-0.05, 0) is 49.7 Å². The largest absolute Gasteiger partial charge is 0.458 e. The number of aryl methyl sites for hydroxylation is 1. The minimum atomic E-state index is -0.204. The molecule has 0 aliphatic heterocycles. The number of esters is 1. The number of aromatic nitrogens is 1. The van der Waals surface area contributed by atoms with Crippen LogP contribution in [0, 0.1) is 23.7 Å². The zero-order valence-corrected chi connectivity index (χ0v) is 12.8. The molecule has 2 fully saturated rings. The predicted octanol–water partition coefficient (Wildman–Crippen LogP) is 3.76. The second-order valence-electron chi connectivity index (χ2n) is 7.19. The van der Waals surface area contributed by atoms with Gasteiger partial charge in [0.15, 0.2) is 0 Å². The van der Waals surface area contributed by atoms with E-state index in [1.165, 1.54) is 6.42 Å². The molecule has 3 rings (SSSR count). The molecule has 2 aliphatic carbocycles. The van der Waals surface area contributed by atoms with Gasteiger partial charge in [-0.15, -0.1) is 0 Å². The van der Waals surface area contributed by atoms with Gasteiger partial charge >= 0.3 is 5.97 Å². The number of carbonyl (C=O) groups is 1. The molecule has 20 heavy (non-hydrogen) atoms. The van der Waals surface area contributed by atoms with E-state index in [2.05, 4.69) is 25.8 Å². The lowest BCUT2D eigenvalue weighted by atomic mass is 9.70. The molecule has 0 aromatic carbocycles. The standard InChI is InChI=1S/C17H23NO2/c1-11-9-12(6-8-18-11)15(19)20-14-10-13-5-7-17(14,4)16(13,2)3/h6,8-9,13-14H,5,7,10H2,1-4H3.